The van der Waals surface area contributed by atoms with Crippen LogP contribution in [0, 0.1) is 0 Å². The van der Waals surface area contributed by atoms with Crippen molar-refractivity contribution in [3.63, 3.8) is 0 Å². The fourth-order valence-electron chi connectivity index (χ4n) is 2.70. The van der Waals surface area contributed by atoms with E-state index in [1.54, 1.807) is 6.92 Å². The van der Waals surface area contributed by atoms with E-state index in [2.05, 4.69) is 13.8 Å². The summed E-state index contributed by atoms with van der Waals surface area (Å²) in [5.41, 5.74) is 0. The monoisotopic (exact) mass is 356 g/mol. The molecule has 0 saturated heterocycles. The number of unbranched alkanes of at least 4 members (excludes halogenated alkanes) is 10. The Kier molecular flexibility index (Phi) is 17.0. The number of rotatable bonds is 17. The van der Waals surface area contributed by atoms with Gasteiger partial charge < -0.3 is 9.47 Å². The fourth-order valence-corrected chi connectivity index (χ4v) is 2.70. The molecule has 1 unspecified atom stereocenters. The van der Waals surface area contributed by atoms with Crippen LogP contribution in [0.15, 0.2) is 0 Å². The lowest BCUT2D eigenvalue weighted by atomic mass is 10.1. The zero-order chi connectivity index (χ0) is 18.8. The highest BCUT2D eigenvalue weighted by Crippen LogP contribution is 2.09. The van der Waals surface area contributed by atoms with Crippen LogP contribution in [0.5, 0.6) is 0 Å². The first-order valence-electron chi connectivity index (χ1n) is 10.4. The van der Waals surface area contributed by atoms with Crippen LogP contribution in [0.2, 0.25) is 0 Å². The Hall–Kier alpha value is -1.06. The van der Waals surface area contributed by atoms with Gasteiger partial charge in [0.05, 0.1) is 0 Å². The average molecular weight is 357 g/mol. The van der Waals surface area contributed by atoms with E-state index >= 15 is 0 Å². The van der Waals surface area contributed by atoms with Crippen molar-refractivity contribution in [2.24, 2.45) is 0 Å². The molecule has 0 saturated carbocycles. The Morgan fingerprint density at radius 2 is 1.12 bits per heavy atom. The van der Waals surface area contributed by atoms with Crippen molar-refractivity contribution in [2.75, 3.05) is 6.61 Å². The van der Waals surface area contributed by atoms with Gasteiger partial charge >= 0.3 is 11.9 Å². The Bertz CT molecular complexity index is 328. The molecule has 148 valence electrons. The first-order chi connectivity index (χ1) is 12.1. The maximum absolute atomic E-state index is 11.7. The maximum atomic E-state index is 11.7. The summed E-state index contributed by atoms with van der Waals surface area (Å²) >= 11 is 0. The third-order valence-corrected chi connectivity index (χ3v) is 4.28. The molecule has 0 heterocycles. The van der Waals surface area contributed by atoms with Gasteiger partial charge in [-0.25, -0.2) is 0 Å². The summed E-state index contributed by atoms with van der Waals surface area (Å²) < 4.78 is 10.5. The lowest BCUT2D eigenvalue weighted by Crippen LogP contribution is -2.22. The maximum Gasteiger partial charge on any atom is 0.306 e. The molecule has 0 aromatic heterocycles. The second kappa shape index (κ2) is 17.8. The summed E-state index contributed by atoms with van der Waals surface area (Å²) in [7, 11) is 0. The smallest absolute Gasteiger partial charge is 0.306 e. The van der Waals surface area contributed by atoms with E-state index < -0.39 is 0 Å². The minimum absolute atomic E-state index is 0.164. The van der Waals surface area contributed by atoms with Crippen LogP contribution >= 0.6 is 0 Å². The second-order valence-electron chi connectivity index (χ2n) is 7.02. The molecule has 4 heteroatoms. The molecule has 0 aliphatic carbocycles. The van der Waals surface area contributed by atoms with Crippen molar-refractivity contribution in [1.29, 1.82) is 0 Å². The van der Waals surface area contributed by atoms with Crippen LogP contribution in [0.3, 0.4) is 0 Å². The number of esters is 2. The van der Waals surface area contributed by atoms with Crippen LogP contribution < -0.4 is 0 Å². The van der Waals surface area contributed by atoms with Gasteiger partial charge in [0.1, 0.15) is 12.7 Å². The van der Waals surface area contributed by atoms with Crippen LogP contribution in [0.4, 0.5) is 0 Å². The van der Waals surface area contributed by atoms with Crippen LogP contribution in [-0.2, 0) is 19.1 Å². The molecule has 0 radical (unpaired) electrons. The molecule has 0 amide bonds. The molecule has 25 heavy (non-hydrogen) atoms. The van der Waals surface area contributed by atoms with Crippen LogP contribution in [-0.4, -0.2) is 24.6 Å². The van der Waals surface area contributed by atoms with E-state index in [0.717, 1.165) is 25.7 Å². The van der Waals surface area contributed by atoms with Gasteiger partial charge in [0.15, 0.2) is 0 Å². The van der Waals surface area contributed by atoms with E-state index in [9.17, 15) is 9.59 Å². The van der Waals surface area contributed by atoms with E-state index in [0.29, 0.717) is 12.8 Å². The van der Waals surface area contributed by atoms with Gasteiger partial charge in [-0.1, -0.05) is 78.1 Å². The Morgan fingerprint density at radius 1 is 0.680 bits per heavy atom. The van der Waals surface area contributed by atoms with Crippen molar-refractivity contribution >= 4 is 11.9 Å². The molecule has 0 aromatic carbocycles. The number of carbonyl (C=O) groups excluding carboxylic acids is 2. The van der Waals surface area contributed by atoms with Crippen molar-refractivity contribution in [1.82, 2.24) is 0 Å². The molecule has 0 spiro atoms. The lowest BCUT2D eigenvalue weighted by molar-refractivity contribution is -0.158. The van der Waals surface area contributed by atoms with Gasteiger partial charge in [0.25, 0.3) is 0 Å². The second-order valence-corrected chi connectivity index (χ2v) is 7.02. The summed E-state index contributed by atoms with van der Waals surface area (Å²) in [5, 5.41) is 0. The Labute approximate surface area is 155 Å². The minimum atomic E-state index is -0.360. The number of carbonyl (C=O) groups is 2. The average Bonchev–Trinajstić information content (AvgIpc) is 2.59. The first-order valence-corrected chi connectivity index (χ1v) is 10.4. The summed E-state index contributed by atoms with van der Waals surface area (Å²) in [4.78, 5) is 23.4. The largest absolute Gasteiger partial charge is 0.462 e. The quantitative estimate of drug-likeness (QED) is 0.238. The lowest BCUT2D eigenvalue weighted by Gasteiger charge is -2.13. The predicted molar refractivity (Wildman–Crippen MR) is 102 cm³/mol. The molecule has 0 fully saturated rings. The highest BCUT2D eigenvalue weighted by Gasteiger charge is 2.12. The third-order valence-electron chi connectivity index (χ3n) is 4.28. The molecule has 0 aliphatic heterocycles. The Balaban J connectivity index is 3.52. The molecular weight excluding hydrogens is 316 g/mol. The SMILES string of the molecule is CCCCCCCCCC(=O)OCC(C)OC(=O)CCCCCCC. The van der Waals surface area contributed by atoms with Crippen LogP contribution in [0.25, 0.3) is 0 Å². The van der Waals surface area contributed by atoms with Gasteiger partial charge in [-0.05, 0) is 19.8 Å². The molecule has 1 atom stereocenters. The molecule has 0 aromatic rings. The molecule has 0 aliphatic rings. The first kappa shape index (κ1) is 23.9. The van der Waals surface area contributed by atoms with Crippen molar-refractivity contribution in [3.05, 3.63) is 0 Å². The standard InChI is InChI=1S/C21H40O4/c1-4-6-8-10-11-13-14-16-20(22)24-18-19(3)25-21(23)17-15-12-9-7-5-2/h19H,4-18H2,1-3H3. The Morgan fingerprint density at radius 3 is 1.64 bits per heavy atom. The van der Waals surface area contributed by atoms with Crippen molar-refractivity contribution in [3.8, 4) is 0 Å². The van der Waals surface area contributed by atoms with Crippen molar-refractivity contribution < 1.29 is 19.1 Å². The summed E-state index contributed by atoms with van der Waals surface area (Å²) in [5.74, 6) is -0.372. The normalized spacial score (nSPS) is 12.0. The van der Waals surface area contributed by atoms with Gasteiger partial charge in [-0.15, -0.1) is 0 Å². The number of ether oxygens (including phenoxy) is 2. The number of hydrogen-bond acceptors (Lipinski definition) is 4. The van der Waals surface area contributed by atoms with Gasteiger partial charge in [-0.3, -0.25) is 9.59 Å². The van der Waals surface area contributed by atoms with Crippen LogP contribution in [0.1, 0.15) is 111 Å². The highest BCUT2D eigenvalue weighted by molar-refractivity contribution is 5.70. The van der Waals surface area contributed by atoms with E-state index in [1.807, 2.05) is 0 Å². The van der Waals surface area contributed by atoms with Gasteiger partial charge in [0, 0.05) is 12.8 Å². The predicted octanol–water partition coefficient (Wildman–Crippen LogP) is 5.96. The fraction of sp³-hybridized carbons (Fsp3) is 0.905. The zero-order valence-corrected chi connectivity index (χ0v) is 16.8. The molecular formula is C21H40O4. The van der Waals surface area contributed by atoms with E-state index in [-0.39, 0.29) is 24.6 Å². The molecule has 0 rings (SSSR count). The molecule has 4 nitrogen and oxygen atoms in total. The summed E-state index contributed by atoms with van der Waals surface area (Å²) in [6, 6.07) is 0. The number of hydrogen-bond donors (Lipinski definition) is 0. The van der Waals surface area contributed by atoms with Gasteiger partial charge in [0.2, 0.25) is 0 Å². The zero-order valence-electron chi connectivity index (χ0n) is 16.8. The summed E-state index contributed by atoms with van der Waals surface area (Å²) in [6.07, 6.45) is 14.4. The van der Waals surface area contributed by atoms with E-state index in [4.69, 9.17) is 9.47 Å². The van der Waals surface area contributed by atoms with E-state index in [1.165, 1.54) is 51.4 Å². The molecule has 0 bridgehead atoms. The summed E-state index contributed by atoms with van der Waals surface area (Å²) in [6.45, 7) is 6.32. The highest BCUT2D eigenvalue weighted by atomic mass is 16.6. The van der Waals surface area contributed by atoms with Crippen molar-refractivity contribution in [2.45, 2.75) is 117 Å². The van der Waals surface area contributed by atoms with Gasteiger partial charge in [-0.2, -0.15) is 0 Å². The molecule has 0 N–H and O–H groups in total. The minimum Gasteiger partial charge on any atom is -0.462 e. The topological polar surface area (TPSA) is 52.6 Å². The third kappa shape index (κ3) is 17.6.